The van der Waals surface area contributed by atoms with E-state index in [0.717, 1.165) is 24.1 Å². The highest BCUT2D eigenvalue weighted by Crippen LogP contribution is 2.30. The molecule has 0 fully saturated rings. The molecule has 1 aliphatic rings. The summed E-state index contributed by atoms with van der Waals surface area (Å²) in [5.74, 6) is -0.438. The molecule has 5 heteroatoms. The number of hydrogen-bond acceptors (Lipinski definition) is 4. The molecule has 2 heterocycles. The Morgan fingerprint density at radius 1 is 1.00 bits per heavy atom. The molecule has 146 valence electrons. The number of aromatic nitrogens is 1. The lowest BCUT2D eigenvalue weighted by Gasteiger charge is -2.30. The van der Waals surface area contributed by atoms with Crippen molar-refractivity contribution in [2.75, 3.05) is 11.4 Å². The van der Waals surface area contributed by atoms with Crippen LogP contribution in [0.4, 0.5) is 5.69 Å². The average molecular weight is 377 g/mol. The summed E-state index contributed by atoms with van der Waals surface area (Å²) in [5, 5.41) is 3.11. The van der Waals surface area contributed by atoms with Gasteiger partial charge in [0.05, 0.1) is 5.69 Å². The summed E-state index contributed by atoms with van der Waals surface area (Å²) in [6, 6.07) is 11.2. The number of pyridine rings is 1. The predicted octanol–water partition coefficient (Wildman–Crippen LogP) is 4.26. The molecule has 1 N–H and O–H groups in total. The number of Topliss-reactive ketones (excluding diaryl/α,β-unsaturated/α-hetero) is 1. The lowest BCUT2D eigenvalue weighted by atomic mass is 9.95. The number of hydrogen-bond donors (Lipinski definition) is 1. The number of para-hydroxylation sites is 1. The molecule has 28 heavy (non-hydrogen) atoms. The summed E-state index contributed by atoms with van der Waals surface area (Å²) in [4.78, 5) is 31.7. The second-order valence-electron chi connectivity index (χ2n) is 7.01. The van der Waals surface area contributed by atoms with Crippen molar-refractivity contribution in [2.45, 2.75) is 45.6 Å². The van der Waals surface area contributed by atoms with Crippen LogP contribution in [-0.2, 0) is 11.3 Å². The Hall–Kier alpha value is -2.95. The number of carbonyl (C=O) groups is 2. The number of amides is 1. The van der Waals surface area contributed by atoms with Crippen molar-refractivity contribution in [3.63, 3.8) is 0 Å². The lowest BCUT2D eigenvalue weighted by Crippen LogP contribution is -2.40. The smallest absolute Gasteiger partial charge is 0.263 e. The van der Waals surface area contributed by atoms with Crippen molar-refractivity contribution in [2.24, 2.45) is 0 Å². The van der Waals surface area contributed by atoms with Crippen LogP contribution in [0.15, 0.2) is 60.6 Å². The number of rotatable bonds is 9. The molecule has 1 amide bonds. The standard InChI is InChI=1S/C23H27N3O2/c1-2-3-4-5-8-15-26-21-10-7-6-9-19(21)22(27)20(23(26)28)17-25-16-18-11-13-24-14-12-18/h6-7,9-14,17,25H,2-5,8,15-16H2,1H3/b20-17+. The van der Waals surface area contributed by atoms with Gasteiger partial charge in [-0.05, 0) is 36.2 Å². The molecular weight excluding hydrogens is 350 g/mol. The van der Waals surface area contributed by atoms with Gasteiger partial charge in [-0.1, -0.05) is 44.7 Å². The number of ketones is 1. The van der Waals surface area contributed by atoms with Crippen molar-refractivity contribution in [1.29, 1.82) is 0 Å². The maximum atomic E-state index is 13.0. The van der Waals surface area contributed by atoms with Crippen LogP contribution in [-0.4, -0.2) is 23.2 Å². The van der Waals surface area contributed by atoms with Crippen LogP contribution in [0, 0.1) is 0 Å². The van der Waals surface area contributed by atoms with E-state index < -0.39 is 0 Å². The molecule has 0 spiro atoms. The number of carbonyl (C=O) groups excluding carboxylic acids is 2. The van der Waals surface area contributed by atoms with Gasteiger partial charge in [0, 0.05) is 37.2 Å². The number of nitrogens with zero attached hydrogens (tertiary/aromatic N) is 2. The van der Waals surface area contributed by atoms with E-state index in [1.165, 1.54) is 19.3 Å². The summed E-state index contributed by atoms with van der Waals surface area (Å²) >= 11 is 0. The summed E-state index contributed by atoms with van der Waals surface area (Å²) in [5.41, 5.74) is 2.55. The van der Waals surface area contributed by atoms with Gasteiger partial charge in [0.15, 0.2) is 0 Å². The molecule has 0 saturated heterocycles. The maximum Gasteiger partial charge on any atom is 0.263 e. The van der Waals surface area contributed by atoms with Crippen molar-refractivity contribution in [3.05, 3.63) is 71.7 Å². The van der Waals surface area contributed by atoms with Gasteiger partial charge in [-0.2, -0.15) is 0 Å². The van der Waals surface area contributed by atoms with E-state index in [-0.39, 0.29) is 17.3 Å². The van der Waals surface area contributed by atoms with Crippen LogP contribution in [0.25, 0.3) is 0 Å². The minimum atomic E-state index is -0.221. The van der Waals surface area contributed by atoms with Gasteiger partial charge in [-0.25, -0.2) is 0 Å². The Kier molecular flexibility index (Phi) is 6.95. The maximum absolute atomic E-state index is 13.0. The zero-order valence-electron chi connectivity index (χ0n) is 16.4. The number of benzene rings is 1. The average Bonchev–Trinajstić information content (AvgIpc) is 2.73. The second-order valence-corrected chi connectivity index (χ2v) is 7.01. The Morgan fingerprint density at radius 3 is 2.54 bits per heavy atom. The molecule has 1 aromatic carbocycles. The van der Waals surface area contributed by atoms with Crippen LogP contribution in [0.1, 0.15) is 54.9 Å². The molecule has 1 aliphatic heterocycles. The van der Waals surface area contributed by atoms with Gasteiger partial charge < -0.3 is 10.2 Å². The molecule has 0 unspecified atom stereocenters. The molecule has 0 radical (unpaired) electrons. The molecule has 0 saturated carbocycles. The first kappa shape index (κ1) is 19.8. The van der Waals surface area contributed by atoms with Gasteiger partial charge in [-0.15, -0.1) is 0 Å². The number of fused-ring (bicyclic) bond motifs is 1. The molecule has 0 atom stereocenters. The van der Waals surface area contributed by atoms with Crippen LogP contribution in [0.2, 0.25) is 0 Å². The van der Waals surface area contributed by atoms with Crippen molar-refractivity contribution in [1.82, 2.24) is 10.3 Å². The third kappa shape index (κ3) is 4.66. The number of anilines is 1. The first-order chi connectivity index (χ1) is 13.7. The third-order valence-corrected chi connectivity index (χ3v) is 4.95. The highest BCUT2D eigenvalue weighted by Gasteiger charge is 2.34. The fourth-order valence-electron chi connectivity index (χ4n) is 3.39. The Labute approximate surface area is 166 Å². The fraction of sp³-hybridized carbons (Fsp3) is 0.348. The van der Waals surface area contributed by atoms with E-state index in [4.69, 9.17) is 0 Å². The minimum absolute atomic E-state index is 0.196. The normalized spacial score (nSPS) is 15.0. The molecular formula is C23H27N3O2. The van der Waals surface area contributed by atoms with Crippen LogP contribution in [0.5, 0.6) is 0 Å². The SMILES string of the molecule is CCCCCCCN1C(=O)/C(=C/NCc2ccncc2)C(=O)c2ccccc21. The summed E-state index contributed by atoms with van der Waals surface area (Å²) in [6.45, 7) is 3.35. The van der Waals surface area contributed by atoms with Gasteiger partial charge in [-0.3, -0.25) is 14.6 Å². The van der Waals surface area contributed by atoms with Gasteiger partial charge >= 0.3 is 0 Å². The lowest BCUT2D eigenvalue weighted by molar-refractivity contribution is -0.115. The largest absolute Gasteiger partial charge is 0.386 e. The van der Waals surface area contributed by atoms with Crippen molar-refractivity contribution >= 4 is 17.4 Å². The van der Waals surface area contributed by atoms with Crippen LogP contribution in [0.3, 0.4) is 0 Å². The number of unbranched alkanes of at least 4 members (excludes halogenated alkanes) is 4. The summed E-state index contributed by atoms with van der Waals surface area (Å²) in [7, 11) is 0. The van der Waals surface area contributed by atoms with Crippen LogP contribution < -0.4 is 10.2 Å². The Balaban J connectivity index is 1.75. The van der Waals surface area contributed by atoms with Crippen molar-refractivity contribution < 1.29 is 9.59 Å². The molecule has 0 aliphatic carbocycles. The molecule has 3 rings (SSSR count). The molecule has 0 bridgehead atoms. The number of nitrogens with one attached hydrogen (secondary N) is 1. The first-order valence-corrected chi connectivity index (χ1v) is 10.0. The van der Waals surface area contributed by atoms with E-state index in [1.54, 1.807) is 29.6 Å². The molecule has 5 nitrogen and oxygen atoms in total. The molecule has 1 aromatic heterocycles. The Bertz CT molecular complexity index is 846. The van der Waals surface area contributed by atoms with Gasteiger partial charge in [0.2, 0.25) is 5.78 Å². The first-order valence-electron chi connectivity index (χ1n) is 10.0. The zero-order chi connectivity index (χ0) is 19.8. The topological polar surface area (TPSA) is 62.3 Å². The highest BCUT2D eigenvalue weighted by atomic mass is 16.2. The fourth-order valence-corrected chi connectivity index (χ4v) is 3.39. The third-order valence-electron chi connectivity index (χ3n) is 4.95. The van der Waals surface area contributed by atoms with Gasteiger partial charge in [0.25, 0.3) is 5.91 Å². The van der Waals surface area contributed by atoms with E-state index in [2.05, 4.69) is 17.2 Å². The highest BCUT2D eigenvalue weighted by molar-refractivity contribution is 6.34. The van der Waals surface area contributed by atoms with Crippen molar-refractivity contribution in [3.8, 4) is 0 Å². The monoisotopic (exact) mass is 377 g/mol. The second kappa shape index (κ2) is 9.83. The van der Waals surface area contributed by atoms with E-state index in [1.807, 2.05) is 30.3 Å². The summed E-state index contributed by atoms with van der Waals surface area (Å²) in [6.07, 6.45) is 10.6. The van der Waals surface area contributed by atoms with E-state index in [9.17, 15) is 9.59 Å². The van der Waals surface area contributed by atoms with E-state index >= 15 is 0 Å². The molecule has 2 aromatic rings. The quantitative estimate of drug-likeness (QED) is 0.403. The minimum Gasteiger partial charge on any atom is -0.386 e. The van der Waals surface area contributed by atoms with Crippen LogP contribution >= 0.6 is 0 Å². The Morgan fingerprint density at radius 2 is 1.75 bits per heavy atom. The zero-order valence-corrected chi connectivity index (χ0v) is 16.4. The summed E-state index contributed by atoms with van der Waals surface area (Å²) < 4.78 is 0. The van der Waals surface area contributed by atoms with E-state index in [0.29, 0.717) is 18.7 Å². The predicted molar refractivity (Wildman–Crippen MR) is 111 cm³/mol. The van der Waals surface area contributed by atoms with Gasteiger partial charge in [0.1, 0.15) is 5.57 Å².